The van der Waals surface area contributed by atoms with Gasteiger partial charge in [-0.25, -0.2) is 0 Å². The third kappa shape index (κ3) is 3.46. The molecule has 2 heterocycles. The Kier molecular flexibility index (Phi) is 4.26. The van der Waals surface area contributed by atoms with Gasteiger partial charge in [-0.15, -0.1) is 10.2 Å². The second-order valence-corrected chi connectivity index (χ2v) is 6.76. The number of aromatic nitrogens is 2. The Morgan fingerprint density at radius 1 is 1.26 bits per heavy atom. The highest BCUT2D eigenvalue weighted by Crippen LogP contribution is 2.34. The number of nitrogens with one attached hydrogen (secondary N) is 1. The Morgan fingerprint density at radius 2 is 1.96 bits per heavy atom. The molecule has 1 aromatic rings. The summed E-state index contributed by atoms with van der Waals surface area (Å²) in [5, 5.41) is 7.37. The molecular weight excluding hydrogens is 333 g/mol. The molecule has 1 aliphatic carbocycles. The Bertz CT molecular complexity index is 613. The van der Waals surface area contributed by atoms with Gasteiger partial charge in [0.25, 0.3) is 0 Å². The van der Waals surface area contributed by atoms with Crippen molar-refractivity contribution >= 4 is 28.3 Å². The summed E-state index contributed by atoms with van der Waals surface area (Å²) in [6.07, 6.45) is -0.431. The summed E-state index contributed by atoms with van der Waals surface area (Å²) in [6, 6.07) is 0.193. The van der Waals surface area contributed by atoms with Crippen LogP contribution in [0.3, 0.4) is 0 Å². The molecule has 126 valence electrons. The van der Waals surface area contributed by atoms with Gasteiger partial charge in [-0.05, 0) is 12.8 Å². The number of hydrogen-bond acceptors (Lipinski definition) is 5. The minimum Gasteiger partial charge on any atom is -0.339 e. The first-order chi connectivity index (χ1) is 10.8. The SMILES string of the molecule is O=C(Nc1nnc(C(F)(F)F)s1)[C@H]1CC(=O)N(C2CCCC2)C1. The first-order valence-electron chi connectivity index (χ1n) is 7.35. The molecule has 0 unspecified atom stereocenters. The van der Waals surface area contributed by atoms with Crippen LogP contribution in [0.4, 0.5) is 18.3 Å². The van der Waals surface area contributed by atoms with Crippen molar-refractivity contribution in [3.05, 3.63) is 5.01 Å². The standard InChI is InChI=1S/C13H15F3N4O2S/c14-13(15,16)11-18-19-12(23-11)17-10(22)7-5-9(21)20(6-7)8-3-1-2-4-8/h7-8H,1-6H2,(H,17,19,22)/t7-/m0/s1. The van der Waals surface area contributed by atoms with Gasteiger partial charge in [0.2, 0.25) is 22.0 Å². The molecule has 0 radical (unpaired) electrons. The van der Waals surface area contributed by atoms with E-state index in [4.69, 9.17) is 0 Å². The van der Waals surface area contributed by atoms with Crippen molar-refractivity contribution in [3.8, 4) is 0 Å². The fraction of sp³-hybridized carbons (Fsp3) is 0.692. The maximum atomic E-state index is 12.5. The maximum Gasteiger partial charge on any atom is 0.445 e. The highest BCUT2D eigenvalue weighted by Gasteiger charge is 2.39. The largest absolute Gasteiger partial charge is 0.445 e. The Morgan fingerprint density at radius 3 is 2.57 bits per heavy atom. The average Bonchev–Trinajstić information content (AvgIpc) is 3.16. The molecule has 1 saturated carbocycles. The van der Waals surface area contributed by atoms with E-state index in [2.05, 4.69) is 15.5 Å². The summed E-state index contributed by atoms with van der Waals surface area (Å²) in [5.74, 6) is -1.10. The molecule has 1 atom stereocenters. The number of rotatable bonds is 3. The maximum absolute atomic E-state index is 12.5. The summed E-state index contributed by atoms with van der Waals surface area (Å²) < 4.78 is 37.4. The van der Waals surface area contributed by atoms with E-state index in [1.54, 1.807) is 4.90 Å². The van der Waals surface area contributed by atoms with Crippen molar-refractivity contribution in [2.24, 2.45) is 5.92 Å². The molecule has 2 amide bonds. The second kappa shape index (κ2) is 6.06. The van der Waals surface area contributed by atoms with Gasteiger partial charge in [0.15, 0.2) is 0 Å². The van der Waals surface area contributed by atoms with Crippen molar-refractivity contribution < 1.29 is 22.8 Å². The van der Waals surface area contributed by atoms with Crippen LogP contribution in [0.15, 0.2) is 0 Å². The molecule has 1 saturated heterocycles. The molecule has 0 aromatic carbocycles. The van der Waals surface area contributed by atoms with Gasteiger partial charge in [-0.3, -0.25) is 9.59 Å². The minimum absolute atomic E-state index is 0.0645. The number of alkyl halides is 3. The minimum atomic E-state index is -4.58. The van der Waals surface area contributed by atoms with Gasteiger partial charge >= 0.3 is 6.18 Å². The van der Waals surface area contributed by atoms with E-state index in [1.165, 1.54) is 0 Å². The van der Waals surface area contributed by atoms with Gasteiger partial charge in [0.05, 0.1) is 5.92 Å². The van der Waals surface area contributed by atoms with Crippen molar-refractivity contribution in [1.82, 2.24) is 15.1 Å². The Hall–Kier alpha value is -1.71. The predicted octanol–water partition coefficient (Wildman–Crippen LogP) is 2.29. The van der Waals surface area contributed by atoms with Crippen LogP contribution in [0, 0.1) is 5.92 Å². The number of carbonyl (C=O) groups is 2. The quantitative estimate of drug-likeness (QED) is 0.909. The number of nitrogens with zero attached hydrogens (tertiary/aromatic N) is 3. The number of anilines is 1. The predicted molar refractivity (Wildman–Crippen MR) is 75.6 cm³/mol. The highest BCUT2D eigenvalue weighted by molar-refractivity contribution is 7.15. The summed E-state index contributed by atoms with van der Waals surface area (Å²) in [7, 11) is 0. The zero-order valence-corrected chi connectivity index (χ0v) is 12.9. The van der Waals surface area contributed by atoms with Crippen LogP contribution < -0.4 is 5.32 Å². The van der Waals surface area contributed by atoms with Crippen LogP contribution in [0.1, 0.15) is 37.1 Å². The number of amides is 2. The number of likely N-dealkylation sites (tertiary alicyclic amines) is 1. The molecule has 1 aliphatic heterocycles. The van der Waals surface area contributed by atoms with Crippen molar-refractivity contribution in [2.75, 3.05) is 11.9 Å². The first kappa shape index (κ1) is 16.2. The zero-order chi connectivity index (χ0) is 16.6. The number of halogens is 3. The summed E-state index contributed by atoms with van der Waals surface area (Å²) in [5.41, 5.74) is 0. The normalized spacial score (nSPS) is 22.8. The molecule has 23 heavy (non-hydrogen) atoms. The van der Waals surface area contributed by atoms with E-state index in [1.807, 2.05) is 0 Å². The van der Waals surface area contributed by atoms with Crippen LogP contribution in [0.2, 0.25) is 0 Å². The van der Waals surface area contributed by atoms with E-state index in [0.29, 0.717) is 6.54 Å². The lowest BCUT2D eigenvalue weighted by Crippen LogP contribution is -2.35. The Balaban J connectivity index is 1.60. The highest BCUT2D eigenvalue weighted by atomic mass is 32.1. The number of hydrogen-bond donors (Lipinski definition) is 1. The molecule has 10 heteroatoms. The summed E-state index contributed by atoms with van der Waals surface area (Å²) in [6.45, 7) is 0.320. The lowest BCUT2D eigenvalue weighted by atomic mass is 10.1. The third-order valence-electron chi connectivity index (χ3n) is 4.19. The molecule has 3 rings (SSSR count). The smallest absolute Gasteiger partial charge is 0.339 e. The molecule has 2 fully saturated rings. The van der Waals surface area contributed by atoms with Crippen molar-refractivity contribution in [2.45, 2.75) is 44.3 Å². The van der Waals surface area contributed by atoms with Crippen molar-refractivity contribution in [3.63, 3.8) is 0 Å². The van der Waals surface area contributed by atoms with Crippen LogP contribution in [-0.2, 0) is 15.8 Å². The van der Waals surface area contributed by atoms with E-state index in [0.717, 1.165) is 25.7 Å². The van der Waals surface area contributed by atoms with Gasteiger partial charge in [0, 0.05) is 19.0 Å². The second-order valence-electron chi connectivity index (χ2n) is 5.78. The van der Waals surface area contributed by atoms with E-state index in [-0.39, 0.29) is 34.8 Å². The molecule has 2 aliphatic rings. The first-order valence-corrected chi connectivity index (χ1v) is 8.17. The van der Waals surface area contributed by atoms with Crippen LogP contribution >= 0.6 is 11.3 Å². The van der Waals surface area contributed by atoms with E-state index < -0.39 is 23.0 Å². The third-order valence-corrected chi connectivity index (χ3v) is 5.08. The fourth-order valence-corrected chi connectivity index (χ4v) is 3.69. The molecule has 6 nitrogen and oxygen atoms in total. The Labute approximate surface area is 134 Å². The molecule has 1 aromatic heterocycles. The monoisotopic (exact) mass is 348 g/mol. The zero-order valence-electron chi connectivity index (χ0n) is 12.1. The molecule has 0 bridgehead atoms. The lowest BCUT2D eigenvalue weighted by molar-refractivity contribution is -0.138. The fourth-order valence-electron chi connectivity index (χ4n) is 3.07. The average molecular weight is 348 g/mol. The summed E-state index contributed by atoms with van der Waals surface area (Å²) in [4.78, 5) is 25.9. The van der Waals surface area contributed by atoms with Crippen molar-refractivity contribution in [1.29, 1.82) is 0 Å². The summed E-state index contributed by atoms with van der Waals surface area (Å²) >= 11 is 0.276. The van der Waals surface area contributed by atoms with Crippen LogP contribution in [-0.4, -0.2) is 39.5 Å². The molecule has 0 spiro atoms. The van der Waals surface area contributed by atoms with Gasteiger partial charge < -0.3 is 10.2 Å². The van der Waals surface area contributed by atoms with Gasteiger partial charge in [-0.2, -0.15) is 13.2 Å². The van der Waals surface area contributed by atoms with Gasteiger partial charge in [-0.1, -0.05) is 24.2 Å². The lowest BCUT2D eigenvalue weighted by Gasteiger charge is -2.23. The number of carbonyl (C=O) groups excluding carboxylic acids is 2. The van der Waals surface area contributed by atoms with Crippen LogP contribution in [0.5, 0.6) is 0 Å². The van der Waals surface area contributed by atoms with Gasteiger partial charge in [0.1, 0.15) is 0 Å². The van der Waals surface area contributed by atoms with Crippen LogP contribution in [0.25, 0.3) is 0 Å². The van der Waals surface area contributed by atoms with E-state index >= 15 is 0 Å². The topological polar surface area (TPSA) is 75.2 Å². The molecule has 1 N–H and O–H groups in total. The van der Waals surface area contributed by atoms with E-state index in [9.17, 15) is 22.8 Å². The molecular formula is C13H15F3N4O2S.